The third-order valence-corrected chi connectivity index (χ3v) is 2.24. The van der Waals surface area contributed by atoms with Gasteiger partial charge in [-0.3, -0.25) is 0 Å². The van der Waals surface area contributed by atoms with E-state index in [9.17, 15) is 0 Å². The van der Waals surface area contributed by atoms with E-state index in [1.165, 1.54) is 0 Å². The van der Waals surface area contributed by atoms with E-state index in [0.29, 0.717) is 10.3 Å². The molecule has 0 aliphatic carbocycles. The Balaban J connectivity index is 2.59. The maximum atomic E-state index is 5.48. The minimum atomic E-state index is 0.232. The molecule has 2 rings (SSSR count). The van der Waals surface area contributed by atoms with Gasteiger partial charge in [0.1, 0.15) is 5.69 Å². The Morgan fingerprint density at radius 1 is 1.50 bits per heavy atom. The summed E-state index contributed by atoms with van der Waals surface area (Å²) in [5.41, 5.74) is 6.95. The molecule has 2 heterocycles. The normalized spacial score (nSPS) is 10.4. The summed E-state index contributed by atoms with van der Waals surface area (Å²) in [5.74, 6) is 0.232. The summed E-state index contributed by atoms with van der Waals surface area (Å²) in [6.45, 7) is 0. The van der Waals surface area contributed by atoms with Gasteiger partial charge in [0, 0.05) is 13.2 Å². The Morgan fingerprint density at radius 2 is 2.29 bits per heavy atom. The van der Waals surface area contributed by atoms with Crippen LogP contribution in [-0.4, -0.2) is 25.0 Å². The molecule has 0 radical (unpaired) electrons. The molecule has 2 aromatic heterocycles. The summed E-state index contributed by atoms with van der Waals surface area (Å²) >= 11 is 3.28. The first-order valence-electron chi connectivity index (χ1n) is 3.82. The predicted molar refractivity (Wildman–Crippen MR) is 54.1 cm³/mol. The molecule has 0 fully saturated rings. The summed E-state index contributed by atoms with van der Waals surface area (Å²) in [6, 6.07) is 1.75. The number of nitrogens with zero attached hydrogens (tertiary/aromatic N) is 5. The average molecular weight is 255 g/mol. The molecule has 0 bridgehead atoms. The quantitative estimate of drug-likeness (QED) is 0.807. The molecule has 72 valence electrons. The molecule has 6 nitrogen and oxygen atoms in total. The Morgan fingerprint density at radius 3 is 2.86 bits per heavy atom. The van der Waals surface area contributed by atoms with Crippen LogP contribution in [0.3, 0.4) is 0 Å². The molecule has 2 N–H and O–H groups in total. The summed E-state index contributed by atoms with van der Waals surface area (Å²) < 4.78 is 2.25. The monoisotopic (exact) mass is 254 g/mol. The third kappa shape index (κ3) is 1.46. The lowest BCUT2D eigenvalue weighted by Crippen LogP contribution is -1.99. The number of rotatable bonds is 1. The van der Waals surface area contributed by atoms with E-state index < -0.39 is 0 Å². The maximum absolute atomic E-state index is 5.48. The molecule has 7 heteroatoms. The van der Waals surface area contributed by atoms with Crippen molar-refractivity contribution in [2.75, 3.05) is 5.73 Å². The van der Waals surface area contributed by atoms with E-state index in [-0.39, 0.29) is 5.95 Å². The third-order valence-electron chi connectivity index (χ3n) is 1.70. The minimum Gasteiger partial charge on any atom is -0.368 e. The van der Waals surface area contributed by atoms with Gasteiger partial charge in [0.15, 0.2) is 4.60 Å². The molecule has 0 aromatic carbocycles. The lowest BCUT2D eigenvalue weighted by molar-refractivity contribution is 0.718. The summed E-state index contributed by atoms with van der Waals surface area (Å²) in [6.07, 6.45) is 1.59. The van der Waals surface area contributed by atoms with Gasteiger partial charge >= 0.3 is 0 Å². The van der Waals surface area contributed by atoms with E-state index in [0.717, 1.165) is 5.69 Å². The molecule has 0 amide bonds. The van der Waals surface area contributed by atoms with Crippen molar-refractivity contribution >= 4 is 21.9 Å². The summed E-state index contributed by atoms with van der Waals surface area (Å²) in [7, 11) is 1.78. The van der Waals surface area contributed by atoms with Gasteiger partial charge in [0.25, 0.3) is 0 Å². The second-order valence-corrected chi connectivity index (χ2v) is 3.40. The van der Waals surface area contributed by atoms with Crippen LogP contribution in [0.1, 0.15) is 0 Å². The summed E-state index contributed by atoms with van der Waals surface area (Å²) in [5, 5.41) is 7.69. The molecule has 0 aliphatic heterocycles. The van der Waals surface area contributed by atoms with Gasteiger partial charge in [-0.15, -0.1) is 5.10 Å². The fourth-order valence-corrected chi connectivity index (χ4v) is 1.64. The van der Waals surface area contributed by atoms with Crippen LogP contribution >= 0.6 is 15.9 Å². The van der Waals surface area contributed by atoms with E-state index >= 15 is 0 Å². The average Bonchev–Trinajstić information content (AvgIpc) is 2.46. The molecule has 2 aromatic rings. The van der Waals surface area contributed by atoms with Gasteiger partial charge in [-0.1, -0.05) is 5.21 Å². The molecular formula is C7H7BrN6. The van der Waals surface area contributed by atoms with Crippen molar-refractivity contribution in [3.8, 4) is 11.4 Å². The molecule has 0 atom stereocenters. The largest absolute Gasteiger partial charge is 0.368 e. The predicted octanol–water partition coefficient (Wildman–Crippen LogP) is 0.617. The highest BCUT2D eigenvalue weighted by molar-refractivity contribution is 9.10. The number of anilines is 1. The lowest BCUT2D eigenvalue weighted by atomic mass is 10.3. The second kappa shape index (κ2) is 3.33. The first-order valence-corrected chi connectivity index (χ1v) is 4.62. The van der Waals surface area contributed by atoms with Gasteiger partial charge in [0.2, 0.25) is 5.95 Å². The minimum absolute atomic E-state index is 0.232. The SMILES string of the molecule is Cn1nnc(Br)c1-c1ccnc(N)n1. The standard InChI is InChI=1S/C7H7BrN6/c1-14-5(6(8)12-13-14)4-2-3-10-7(9)11-4/h2-3H,1H3,(H2,9,10,11). The lowest BCUT2D eigenvalue weighted by Gasteiger charge is -2.00. The first kappa shape index (κ1) is 9.07. The maximum Gasteiger partial charge on any atom is 0.220 e. The van der Waals surface area contributed by atoms with Crippen LogP contribution in [0.4, 0.5) is 5.95 Å². The number of nitrogens with two attached hydrogens (primary N) is 1. The van der Waals surface area contributed by atoms with E-state index in [1.807, 2.05) is 0 Å². The number of aromatic nitrogens is 5. The Bertz CT molecular complexity index is 445. The van der Waals surface area contributed by atoms with Crippen LogP contribution in [0.5, 0.6) is 0 Å². The van der Waals surface area contributed by atoms with Gasteiger partial charge < -0.3 is 5.73 Å². The number of hydrogen-bond donors (Lipinski definition) is 1. The van der Waals surface area contributed by atoms with Crippen molar-refractivity contribution < 1.29 is 0 Å². The van der Waals surface area contributed by atoms with Gasteiger partial charge in [-0.05, 0) is 22.0 Å². The van der Waals surface area contributed by atoms with Crippen LogP contribution < -0.4 is 5.73 Å². The Labute approximate surface area is 88.3 Å². The zero-order valence-electron chi connectivity index (χ0n) is 7.35. The topological polar surface area (TPSA) is 82.5 Å². The van der Waals surface area contributed by atoms with E-state index in [4.69, 9.17) is 5.73 Å². The molecule has 0 unspecified atom stereocenters. The van der Waals surface area contributed by atoms with Gasteiger partial charge in [-0.25, -0.2) is 14.6 Å². The van der Waals surface area contributed by atoms with Gasteiger partial charge in [0.05, 0.1) is 5.69 Å². The zero-order valence-corrected chi connectivity index (χ0v) is 8.93. The number of aryl methyl sites for hydroxylation is 1. The highest BCUT2D eigenvalue weighted by Gasteiger charge is 2.11. The highest BCUT2D eigenvalue weighted by Crippen LogP contribution is 2.23. The summed E-state index contributed by atoms with van der Waals surface area (Å²) in [4.78, 5) is 7.88. The van der Waals surface area contributed by atoms with Crippen molar-refractivity contribution in [1.82, 2.24) is 25.0 Å². The number of halogens is 1. The van der Waals surface area contributed by atoms with Crippen LogP contribution in [0.15, 0.2) is 16.9 Å². The first-order chi connectivity index (χ1) is 6.68. The van der Waals surface area contributed by atoms with Crippen LogP contribution in [-0.2, 0) is 7.05 Å². The molecular weight excluding hydrogens is 248 g/mol. The van der Waals surface area contributed by atoms with Crippen molar-refractivity contribution in [2.45, 2.75) is 0 Å². The highest BCUT2D eigenvalue weighted by atomic mass is 79.9. The molecule has 0 aliphatic rings. The Kier molecular flexibility index (Phi) is 2.16. The van der Waals surface area contributed by atoms with E-state index in [2.05, 4.69) is 36.2 Å². The molecule has 0 spiro atoms. The van der Waals surface area contributed by atoms with Crippen molar-refractivity contribution in [3.63, 3.8) is 0 Å². The molecule has 14 heavy (non-hydrogen) atoms. The number of nitrogen functional groups attached to an aromatic ring is 1. The van der Waals surface area contributed by atoms with E-state index in [1.54, 1.807) is 24.0 Å². The van der Waals surface area contributed by atoms with Crippen LogP contribution in [0, 0.1) is 0 Å². The second-order valence-electron chi connectivity index (χ2n) is 2.65. The Hall–Kier alpha value is -1.50. The molecule has 0 saturated heterocycles. The molecule has 0 saturated carbocycles. The number of hydrogen-bond acceptors (Lipinski definition) is 5. The van der Waals surface area contributed by atoms with Crippen molar-refractivity contribution in [2.24, 2.45) is 7.05 Å². The van der Waals surface area contributed by atoms with Crippen LogP contribution in [0.25, 0.3) is 11.4 Å². The van der Waals surface area contributed by atoms with Crippen molar-refractivity contribution in [3.05, 3.63) is 16.9 Å². The fourth-order valence-electron chi connectivity index (χ4n) is 1.11. The van der Waals surface area contributed by atoms with Crippen molar-refractivity contribution in [1.29, 1.82) is 0 Å². The fraction of sp³-hybridized carbons (Fsp3) is 0.143. The van der Waals surface area contributed by atoms with Gasteiger partial charge in [-0.2, -0.15) is 0 Å². The smallest absolute Gasteiger partial charge is 0.220 e. The van der Waals surface area contributed by atoms with Crippen LogP contribution in [0.2, 0.25) is 0 Å². The zero-order chi connectivity index (χ0) is 10.1.